The van der Waals surface area contributed by atoms with Crippen LogP contribution in [0.5, 0.6) is 11.5 Å². The van der Waals surface area contributed by atoms with Gasteiger partial charge in [-0.15, -0.1) is 10.2 Å². The molecule has 2 heterocycles. The number of hydrogen-bond acceptors (Lipinski definition) is 7. The molecular weight excluding hydrogens is 424 g/mol. The van der Waals surface area contributed by atoms with Crippen molar-refractivity contribution in [2.75, 3.05) is 51.1 Å². The Bertz CT molecular complexity index is 1040. The highest BCUT2D eigenvalue weighted by atomic mass is 32.2. The quantitative estimate of drug-likeness (QED) is 0.510. The highest BCUT2D eigenvalue weighted by Crippen LogP contribution is 2.31. The second kappa shape index (κ2) is 10.4. The first kappa shape index (κ1) is 22.0. The molecular formula is C24H26N4O3S. The maximum absolute atomic E-state index is 12.6. The Labute approximate surface area is 192 Å². The molecule has 32 heavy (non-hydrogen) atoms. The molecule has 0 N–H and O–H groups in total. The second-order valence-corrected chi connectivity index (χ2v) is 8.31. The van der Waals surface area contributed by atoms with Crippen molar-refractivity contribution in [2.45, 2.75) is 5.03 Å². The van der Waals surface area contributed by atoms with Crippen molar-refractivity contribution in [3.8, 4) is 22.8 Å². The molecule has 4 rings (SSSR count). The van der Waals surface area contributed by atoms with Crippen LogP contribution in [0.25, 0.3) is 11.3 Å². The van der Waals surface area contributed by atoms with Gasteiger partial charge in [0, 0.05) is 37.4 Å². The number of carbonyl (C=O) groups is 1. The molecule has 0 bridgehead atoms. The number of anilines is 1. The first-order valence-corrected chi connectivity index (χ1v) is 11.4. The van der Waals surface area contributed by atoms with E-state index in [1.165, 1.54) is 17.4 Å². The lowest BCUT2D eigenvalue weighted by Crippen LogP contribution is -2.49. The predicted molar refractivity (Wildman–Crippen MR) is 127 cm³/mol. The molecule has 2 aromatic carbocycles. The molecule has 0 unspecified atom stereocenters. The fourth-order valence-electron chi connectivity index (χ4n) is 3.63. The van der Waals surface area contributed by atoms with Gasteiger partial charge in [0.05, 0.1) is 25.7 Å². The minimum Gasteiger partial charge on any atom is -0.493 e. The van der Waals surface area contributed by atoms with Crippen LogP contribution in [0.4, 0.5) is 5.69 Å². The van der Waals surface area contributed by atoms with Crippen LogP contribution in [0.3, 0.4) is 0 Å². The van der Waals surface area contributed by atoms with E-state index in [-0.39, 0.29) is 5.91 Å². The van der Waals surface area contributed by atoms with Crippen LogP contribution in [0.15, 0.2) is 65.7 Å². The molecule has 0 atom stereocenters. The lowest BCUT2D eigenvalue weighted by molar-refractivity contribution is -0.128. The van der Waals surface area contributed by atoms with Crippen molar-refractivity contribution >= 4 is 23.4 Å². The molecule has 0 saturated carbocycles. The molecule has 0 radical (unpaired) electrons. The lowest BCUT2D eigenvalue weighted by Gasteiger charge is -2.36. The van der Waals surface area contributed by atoms with Gasteiger partial charge in [0.25, 0.3) is 0 Å². The fourth-order valence-corrected chi connectivity index (χ4v) is 4.34. The zero-order valence-corrected chi connectivity index (χ0v) is 19.0. The average molecular weight is 451 g/mol. The van der Waals surface area contributed by atoms with Crippen molar-refractivity contribution < 1.29 is 14.3 Å². The monoisotopic (exact) mass is 450 g/mol. The summed E-state index contributed by atoms with van der Waals surface area (Å²) in [5, 5.41) is 9.33. The Morgan fingerprint density at radius 2 is 1.66 bits per heavy atom. The van der Waals surface area contributed by atoms with Gasteiger partial charge in [0.2, 0.25) is 5.91 Å². The second-order valence-electron chi connectivity index (χ2n) is 7.32. The summed E-state index contributed by atoms with van der Waals surface area (Å²) in [6, 6.07) is 19.7. The van der Waals surface area contributed by atoms with Crippen molar-refractivity contribution in [3.63, 3.8) is 0 Å². The van der Waals surface area contributed by atoms with Gasteiger partial charge in [-0.3, -0.25) is 4.79 Å². The topological polar surface area (TPSA) is 67.8 Å². The molecule has 1 aliphatic rings. The number of ether oxygens (including phenoxy) is 2. The van der Waals surface area contributed by atoms with E-state index in [1.807, 2.05) is 53.4 Å². The minimum atomic E-state index is 0.133. The van der Waals surface area contributed by atoms with Crippen molar-refractivity contribution in [1.29, 1.82) is 0 Å². The summed E-state index contributed by atoms with van der Waals surface area (Å²) in [7, 11) is 3.21. The molecule has 1 aliphatic heterocycles. The summed E-state index contributed by atoms with van der Waals surface area (Å²) in [5.74, 6) is 1.80. The zero-order chi connectivity index (χ0) is 22.3. The number of piperazine rings is 1. The Morgan fingerprint density at radius 3 is 2.31 bits per heavy atom. The molecule has 7 nitrogen and oxygen atoms in total. The van der Waals surface area contributed by atoms with E-state index in [0.29, 0.717) is 17.3 Å². The van der Waals surface area contributed by atoms with Gasteiger partial charge >= 0.3 is 0 Å². The average Bonchev–Trinajstić information content (AvgIpc) is 2.87. The Hall–Kier alpha value is -3.26. The van der Waals surface area contributed by atoms with Crippen molar-refractivity contribution in [1.82, 2.24) is 15.1 Å². The number of carbonyl (C=O) groups excluding carboxylic acids is 1. The third-order valence-electron chi connectivity index (χ3n) is 5.42. The molecule has 1 saturated heterocycles. The van der Waals surface area contributed by atoms with Gasteiger partial charge in [-0.25, -0.2) is 0 Å². The SMILES string of the molecule is COc1ccc(-c2ccc(SCC(=O)N3CCN(c4ccccc4)CC3)nn2)cc1OC. The number of nitrogens with zero attached hydrogens (tertiary/aromatic N) is 4. The summed E-state index contributed by atoms with van der Waals surface area (Å²) in [5.41, 5.74) is 2.83. The number of para-hydroxylation sites is 1. The largest absolute Gasteiger partial charge is 0.493 e. The normalized spacial score (nSPS) is 13.7. The van der Waals surface area contributed by atoms with E-state index < -0.39 is 0 Å². The highest BCUT2D eigenvalue weighted by Gasteiger charge is 2.21. The van der Waals surface area contributed by atoms with Crippen LogP contribution in [-0.2, 0) is 4.79 Å². The van der Waals surface area contributed by atoms with Gasteiger partial charge in [0.1, 0.15) is 5.03 Å². The smallest absolute Gasteiger partial charge is 0.233 e. The summed E-state index contributed by atoms with van der Waals surface area (Å²) in [6.07, 6.45) is 0. The molecule has 3 aromatic rings. The van der Waals surface area contributed by atoms with E-state index in [2.05, 4.69) is 27.2 Å². The van der Waals surface area contributed by atoms with Gasteiger partial charge in [-0.05, 0) is 42.5 Å². The van der Waals surface area contributed by atoms with Gasteiger partial charge in [-0.1, -0.05) is 30.0 Å². The Kier molecular flexibility index (Phi) is 7.11. The fraction of sp³-hybridized carbons (Fsp3) is 0.292. The highest BCUT2D eigenvalue weighted by molar-refractivity contribution is 7.99. The molecule has 0 spiro atoms. The van der Waals surface area contributed by atoms with E-state index in [1.54, 1.807) is 14.2 Å². The number of rotatable bonds is 7. The van der Waals surface area contributed by atoms with Crippen molar-refractivity contribution in [3.05, 3.63) is 60.7 Å². The zero-order valence-electron chi connectivity index (χ0n) is 18.2. The Balaban J connectivity index is 1.29. The van der Waals surface area contributed by atoms with Crippen LogP contribution in [0, 0.1) is 0 Å². The standard InChI is InChI=1S/C24H26N4O3S/c1-30-21-10-8-18(16-22(21)31-2)20-9-11-23(26-25-20)32-17-24(29)28-14-12-27(13-15-28)19-6-4-3-5-7-19/h3-11,16H,12-15,17H2,1-2H3. The molecule has 1 aromatic heterocycles. The Morgan fingerprint density at radius 1 is 0.906 bits per heavy atom. The summed E-state index contributed by atoms with van der Waals surface area (Å²) < 4.78 is 10.6. The van der Waals surface area contributed by atoms with E-state index in [9.17, 15) is 4.79 Å². The van der Waals surface area contributed by atoms with Crippen LogP contribution in [0.2, 0.25) is 0 Å². The van der Waals surface area contributed by atoms with Gasteiger partial charge < -0.3 is 19.3 Å². The molecule has 8 heteroatoms. The number of hydrogen-bond donors (Lipinski definition) is 0. The molecule has 166 valence electrons. The first-order valence-electron chi connectivity index (χ1n) is 10.4. The number of thioether (sulfide) groups is 1. The van der Waals surface area contributed by atoms with Crippen LogP contribution < -0.4 is 14.4 Å². The van der Waals surface area contributed by atoms with Gasteiger partial charge in [-0.2, -0.15) is 0 Å². The number of methoxy groups -OCH3 is 2. The molecule has 1 amide bonds. The lowest BCUT2D eigenvalue weighted by atomic mass is 10.1. The molecule has 1 fully saturated rings. The first-order chi connectivity index (χ1) is 15.7. The molecule has 0 aliphatic carbocycles. The van der Waals surface area contributed by atoms with E-state index >= 15 is 0 Å². The van der Waals surface area contributed by atoms with Crippen LogP contribution in [0.1, 0.15) is 0 Å². The summed E-state index contributed by atoms with van der Waals surface area (Å²) >= 11 is 1.41. The maximum Gasteiger partial charge on any atom is 0.233 e. The third-order valence-corrected chi connectivity index (χ3v) is 6.32. The number of aromatic nitrogens is 2. The van der Waals surface area contributed by atoms with E-state index in [4.69, 9.17) is 9.47 Å². The number of benzene rings is 2. The van der Waals surface area contributed by atoms with Gasteiger partial charge in [0.15, 0.2) is 11.5 Å². The predicted octanol–water partition coefficient (Wildman–Crippen LogP) is 3.60. The third kappa shape index (κ3) is 5.13. The minimum absolute atomic E-state index is 0.133. The summed E-state index contributed by atoms with van der Waals surface area (Å²) in [4.78, 5) is 16.9. The maximum atomic E-state index is 12.6. The van der Waals surface area contributed by atoms with Crippen molar-refractivity contribution in [2.24, 2.45) is 0 Å². The van der Waals surface area contributed by atoms with Crippen LogP contribution >= 0.6 is 11.8 Å². The number of amides is 1. The summed E-state index contributed by atoms with van der Waals surface area (Å²) in [6.45, 7) is 3.16. The van der Waals surface area contributed by atoms with Crippen LogP contribution in [-0.4, -0.2) is 67.2 Å². The van der Waals surface area contributed by atoms with E-state index in [0.717, 1.165) is 42.5 Å².